The number of benzene rings is 2. The molecule has 234 valence electrons. The van der Waals surface area contributed by atoms with Crippen molar-refractivity contribution in [3.05, 3.63) is 87.0 Å². The molecule has 0 fully saturated rings. The highest BCUT2D eigenvalue weighted by Gasteiger charge is 2.28. The van der Waals surface area contributed by atoms with Gasteiger partial charge in [0.2, 0.25) is 0 Å². The Morgan fingerprint density at radius 1 is 1.02 bits per heavy atom. The molecule has 0 unspecified atom stereocenters. The normalized spacial score (nSPS) is 12.4. The molecular formula is C34H36N4O6S. The molecule has 6 N–H and O–H groups in total. The van der Waals surface area contributed by atoms with Crippen LogP contribution in [-0.2, 0) is 13.0 Å². The fourth-order valence-electron chi connectivity index (χ4n) is 5.56. The number of nitrogens with one attached hydrogen (secondary N) is 2. The van der Waals surface area contributed by atoms with Gasteiger partial charge < -0.3 is 31.3 Å². The number of nitrogens with zero attached hydrogens (tertiary/aromatic N) is 1. The third kappa shape index (κ3) is 6.60. The number of pyridine rings is 1. The number of nitrogens with two attached hydrogens (primary N) is 1. The fourth-order valence-corrected chi connectivity index (χ4v) is 6.53. The van der Waals surface area contributed by atoms with E-state index in [0.29, 0.717) is 43.0 Å². The second-order valence-electron chi connectivity index (χ2n) is 11.7. The molecule has 0 saturated heterocycles. The summed E-state index contributed by atoms with van der Waals surface area (Å²) in [7, 11) is 0. The van der Waals surface area contributed by atoms with Gasteiger partial charge in [-0.3, -0.25) is 9.59 Å². The maximum Gasteiger partial charge on any atom is 0.355 e. The molecule has 0 aliphatic carbocycles. The molecule has 2 aromatic heterocycles. The highest BCUT2D eigenvalue weighted by atomic mass is 32.1. The van der Waals surface area contributed by atoms with Crippen LogP contribution in [0.5, 0.6) is 5.75 Å². The number of aliphatic hydroxyl groups is 1. The van der Waals surface area contributed by atoms with E-state index in [1.807, 2.05) is 37.4 Å². The zero-order valence-corrected chi connectivity index (χ0v) is 26.4. The summed E-state index contributed by atoms with van der Waals surface area (Å²) < 4.78 is 6.12. The molecule has 0 spiro atoms. The van der Waals surface area contributed by atoms with Gasteiger partial charge in [-0.2, -0.15) is 0 Å². The minimum atomic E-state index is -1.36. The number of ether oxygens (including phenoxy) is 1. The number of aryl methyl sites for hydroxylation is 2. The predicted molar refractivity (Wildman–Crippen MR) is 174 cm³/mol. The number of carboxylic acid groups (broad SMARTS) is 1. The minimum Gasteiger partial charge on any atom is -0.493 e. The lowest BCUT2D eigenvalue weighted by Crippen LogP contribution is -2.44. The Balaban J connectivity index is 1.66. The first-order valence-electron chi connectivity index (χ1n) is 14.6. The highest BCUT2D eigenvalue weighted by Crippen LogP contribution is 2.43. The molecule has 11 heteroatoms. The van der Waals surface area contributed by atoms with Crippen molar-refractivity contribution in [1.29, 1.82) is 0 Å². The summed E-state index contributed by atoms with van der Waals surface area (Å²) in [5, 5.41) is 27.4. The van der Waals surface area contributed by atoms with Gasteiger partial charge in [0, 0.05) is 57.9 Å². The van der Waals surface area contributed by atoms with E-state index in [1.165, 1.54) is 12.1 Å². The quantitative estimate of drug-likeness (QED) is 0.166. The second-order valence-corrected chi connectivity index (χ2v) is 12.7. The molecule has 0 radical (unpaired) electrons. The maximum absolute atomic E-state index is 14.1. The summed E-state index contributed by atoms with van der Waals surface area (Å²) in [6.07, 6.45) is 0.991. The van der Waals surface area contributed by atoms with Crippen LogP contribution < -0.4 is 21.1 Å². The summed E-state index contributed by atoms with van der Waals surface area (Å²) in [5.41, 5.74) is 10.4. The summed E-state index contributed by atoms with van der Waals surface area (Å²) in [6, 6.07) is 12.2. The Bertz CT molecular complexity index is 1790. The molecule has 10 nitrogen and oxygen atoms in total. The van der Waals surface area contributed by atoms with Crippen LogP contribution in [0.3, 0.4) is 0 Å². The largest absolute Gasteiger partial charge is 0.493 e. The van der Waals surface area contributed by atoms with Crippen molar-refractivity contribution in [2.24, 2.45) is 5.73 Å². The van der Waals surface area contributed by atoms with Crippen molar-refractivity contribution in [2.45, 2.75) is 52.6 Å². The number of anilines is 1. The van der Waals surface area contributed by atoms with E-state index >= 15 is 0 Å². The number of aliphatic hydroxyl groups excluding tert-OH is 1. The molecule has 2 amide bonds. The molecule has 0 bridgehead atoms. The zero-order chi connectivity index (χ0) is 32.5. The number of carbonyl (C=O) groups excluding carboxylic acids is 2. The van der Waals surface area contributed by atoms with Crippen LogP contribution >= 0.6 is 11.3 Å². The van der Waals surface area contributed by atoms with E-state index in [2.05, 4.69) is 15.6 Å². The van der Waals surface area contributed by atoms with E-state index in [9.17, 15) is 24.6 Å². The summed E-state index contributed by atoms with van der Waals surface area (Å²) in [5.74, 6) is -1.86. The van der Waals surface area contributed by atoms with Gasteiger partial charge in [-0.25, -0.2) is 9.78 Å². The molecule has 45 heavy (non-hydrogen) atoms. The summed E-state index contributed by atoms with van der Waals surface area (Å²) >= 11 is 1.55. The first-order valence-corrected chi connectivity index (χ1v) is 15.5. The Morgan fingerprint density at radius 3 is 2.42 bits per heavy atom. The Labute approximate surface area is 265 Å². The number of hydrogen-bond donors (Lipinski definition) is 5. The van der Waals surface area contributed by atoms with Crippen LogP contribution in [0, 0.1) is 13.8 Å². The number of carbonyl (C=O) groups is 3. The standard InChI is InChI=1S/C34H36N4O6S/c1-18-13-20(17-35)14-19(2)28(18)37-31(40)24-15-25-27(44-11-7-21-8-12-45-30(21)25)16-23(24)22-5-6-26(36-29(22)33(42)43)32(41)38-34(3,4)9-10-39/h5-6,8,12-16,39H,7,9-11,17,35H2,1-4H3,(H,37,40)(H,38,41)(H,42,43). The van der Waals surface area contributed by atoms with Crippen molar-refractivity contribution in [3.63, 3.8) is 0 Å². The van der Waals surface area contributed by atoms with Crippen LogP contribution in [0.4, 0.5) is 5.69 Å². The Hall–Kier alpha value is -4.58. The highest BCUT2D eigenvalue weighted by molar-refractivity contribution is 7.13. The summed E-state index contributed by atoms with van der Waals surface area (Å²) in [4.78, 5) is 45.0. The van der Waals surface area contributed by atoms with Crippen LogP contribution in [-0.4, -0.2) is 51.7 Å². The van der Waals surface area contributed by atoms with Crippen LogP contribution in [0.15, 0.2) is 47.8 Å². The van der Waals surface area contributed by atoms with Gasteiger partial charge in [0.25, 0.3) is 11.8 Å². The van der Waals surface area contributed by atoms with Crippen molar-refractivity contribution in [3.8, 4) is 27.3 Å². The van der Waals surface area contributed by atoms with Crippen LogP contribution in [0.2, 0.25) is 0 Å². The molecular weight excluding hydrogens is 592 g/mol. The molecule has 0 atom stereocenters. The van der Waals surface area contributed by atoms with Crippen molar-refractivity contribution in [1.82, 2.24) is 10.3 Å². The number of carboxylic acids is 1. The lowest BCUT2D eigenvalue weighted by molar-refractivity contribution is 0.0691. The van der Waals surface area contributed by atoms with Crippen molar-refractivity contribution >= 4 is 34.8 Å². The number of rotatable bonds is 9. The molecule has 4 aromatic rings. The average Bonchev–Trinajstić information content (AvgIpc) is 3.39. The van der Waals surface area contributed by atoms with E-state index in [0.717, 1.165) is 32.7 Å². The van der Waals surface area contributed by atoms with Crippen molar-refractivity contribution < 1.29 is 29.3 Å². The average molecular weight is 629 g/mol. The third-order valence-corrected chi connectivity index (χ3v) is 8.85. The Kier molecular flexibility index (Phi) is 9.06. The van der Waals surface area contributed by atoms with Gasteiger partial charge in [-0.15, -0.1) is 11.3 Å². The SMILES string of the molecule is Cc1cc(CN)cc(C)c1NC(=O)c1cc2c(cc1-c1ccc(C(=O)NC(C)(C)CCO)nc1C(=O)O)OCCc1ccsc1-2. The molecule has 5 rings (SSSR count). The third-order valence-electron chi connectivity index (χ3n) is 7.86. The van der Waals surface area contributed by atoms with E-state index in [4.69, 9.17) is 10.5 Å². The topological polar surface area (TPSA) is 164 Å². The smallest absolute Gasteiger partial charge is 0.355 e. The number of aromatic carboxylic acids is 1. The van der Waals surface area contributed by atoms with E-state index < -0.39 is 23.3 Å². The van der Waals surface area contributed by atoms with Gasteiger partial charge in [0.05, 0.1) is 6.61 Å². The van der Waals surface area contributed by atoms with Crippen LogP contribution in [0.1, 0.15) is 73.9 Å². The van der Waals surface area contributed by atoms with Gasteiger partial charge in [-0.05, 0) is 92.1 Å². The molecule has 2 aromatic carbocycles. The van der Waals surface area contributed by atoms with E-state index in [-0.39, 0.29) is 29.1 Å². The number of aromatic nitrogens is 1. The van der Waals surface area contributed by atoms with Gasteiger partial charge in [0.1, 0.15) is 11.4 Å². The van der Waals surface area contributed by atoms with Gasteiger partial charge >= 0.3 is 5.97 Å². The molecule has 3 heterocycles. The van der Waals surface area contributed by atoms with E-state index in [1.54, 1.807) is 37.3 Å². The number of fused-ring (bicyclic) bond motifs is 3. The fraction of sp³-hybridized carbons (Fsp3) is 0.294. The molecule has 0 saturated carbocycles. The lowest BCUT2D eigenvalue weighted by atomic mass is 9.93. The summed E-state index contributed by atoms with van der Waals surface area (Å²) in [6.45, 7) is 7.94. The van der Waals surface area contributed by atoms with Crippen LogP contribution in [0.25, 0.3) is 21.6 Å². The maximum atomic E-state index is 14.1. The Morgan fingerprint density at radius 2 is 1.76 bits per heavy atom. The number of amides is 2. The van der Waals surface area contributed by atoms with Gasteiger partial charge in [0.15, 0.2) is 5.69 Å². The minimum absolute atomic E-state index is 0.103. The molecule has 1 aliphatic rings. The zero-order valence-electron chi connectivity index (χ0n) is 25.6. The monoisotopic (exact) mass is 628 g/mol. The molecule has 1 aliphatic heterocycles. The lowest BCUT2D eigenvalue weighted by Gasteiger charge is -2.25. The number of hydrogen-bond acceptors (Lipinski definition) is 8. The first kappa shape index (κ1) is 31.8. The first-order chi connectivity index (χ1) is 21.4. The van der Waals surface area contributed by atoms with Crippen molar-refractivity contribution in [2.75, 3.05) is 18.5 Å². The van der Waals surface area contributed by atoms with Gasteiger partial charge in [-0.1, -0.05) is 12.1 Å². The second kappa shape index (κ2) is 12.8. The number of thiophene rings is 1. The predicted octanol–water partition coefficient (Wildman–Crippen LogP) is 5.33.